The van der Waals surface area contributed by atoms with Gasteiger partial charge < -0.3 is 34.6 Å². The van der Waals surface area contributed by atoms with E-state index in [1.807, 2.05) is 41.5 Å². The maximum Gasteiger partial charge on any atom is 0.497 e. The fourth-order valence-corrected chi connectivity index (χ4v) is 18.0. The quantitative estimate of drug-likeness (QED) is 0.0650. The Morgan fingerprint density at radius 3 is 1.13 bits per heavy atom. The topological polar surface area (TPSA) is 194 Å². The van der Waals surface area contributed by atoms with Crippen LogP contribution < -0.4 is 0 Å². The molecule has 0 saturated heterocycles. The lowest BCUT2D eigenvalue weighted by Gasteiger charge is -2.61. The number of fused-ring (bicyclic) bond motifs is 4. The number of alkyl halides is 21. The third-order valence-corrected chi connectivity index (χ3v) is 26.1. The molecule has 0 spiro atoms. The van der Waals surface area contributed by atoms with E-state index in [4.69, 9.17) is 14.6 Å². The first-order valence-electron chi connectivity index (χ1n) is 34.1. The van der Waals surface area contributed by atoms with Crippen LogP contribution >= 0.6 is 0 Å². The smallest absolute Gasteiger partial charge is 0.469 e. The van der Waals surface area contributed by atoms with Gasteiger partial charge in [0.1, 0.15) is 11.7 Å². The van der Waals surface area contributed by atoms with Crippen molar-refractivity contribution in [2.75, 3.05) is 12.9 Å². The molecule has 0 aromatic carbocycles. The monoisotopic (exact) mass is 1620 g/mol. The Morgan fingerprint density at radius 2 is 0.822 bits per heavy atom. The molecular formula is C73H125F21O12S. The van der Waals surface area contributed by atoms with Gasteiger partial charge in [0.2, 0.25) is 9.84 Å². The van der Waals surface area contributed by atoms with E-state index in [0.717, 1.165) is 19.3 Å². The van der Waals surface area contributed by atoms with Crippen LogP contribution in [0.3, 0.4) is 0 Å². The molecule has 0 heterocycles. The lowest BCUT2D eigenvalue weighted by Crippen LogP contribution is -2.60. The zero-order chi connectivity index (χ0) is 78.7. The zero-order valence-electron chi connectivity index (χ0n) is 59.3. The summed E-state index contributed by atoms with van der Waals surface area (Å²) in [5.41, 5.74) is -24.6. The first-order valence-corrected chi connectivity index (χ1v) is 35.7. The predicted molar refractivity (Wildman–Crippen MR) is 365 cm³/mol. The van der Waals surface area contributed by atoms with E-state index >= 15 is 0 Å². The van der Waals surface area contributed by atoms with Gasteiger partial charge in [-0.05, 0) is 242 Å². The van der Waals surface area contributed by atoms with Gasteiger partial charge >= 0.3 is 60.5 Å². The number of methoxy groups -OCH3 is 1. The maximum absolute atomic E-state index is 13.3. The molecule has 107 heavy (non-hydrogen) atoms. The summed E-state index contributed by atoms with van der Waals surface area (Å²) in [5, 5.41) is 38.4. The molecule has 8 bridgehead atoms. The molecule has 0 amide bonds. The fraction of sp³-hybridized carbons (Fsp3) is 0.959. The highest BCUT2D eigenvalue weighted by Crippen LogP contribution is 2.65. The number of esters is 3. The van der Waals surface area contributed by atoms with Crippen LogP contribution in [0.5, 0.6) is 0 Å². The molecule has 0 aliphatic heterocycles. The highest BCUT2D eigenvalue weighted by molar-refractivity contribution is 7.92. The van der Waals surface area contributed by atoms with Crippen LogP contribution in [0.2, 0.25) is 0 Å². The van der Waals surface area contributed by atoms with Gasteiger partial charge in [0.25, 0.3) is 11.2 Å². The van der Waals surface area contributed by atoms with Crippen molar-refractivity contribution in [2.24, 2.45) is 92.7 Å². The lowest BCUT2D eigenvalue weighted by molar-refractivity contribution is -0.374. The molecule has 9 aliphatic carbocycles. The van der Waals surface area contributed by atoms with E-state index in [0.29, 0.717) is 90.4 Å². The van der Waals surface area contributed by atoms with Crippen LogP contribution in [0.25, 0.3) is 0 Å². The molecular weight excluding hydrogens is 1500 g/mol. The van der Waals surface area contributed by atoms with Crippen molar-refractivity contribution in [3.05, 3.63) is 0 Å². The number of aliphatic hydroxyl groups is 4. The molecule has 9 fully saturated rings. The number of rotatable bonds is 16. The van der Waals surface area contributed by atoms with E-state index in [2.05, 4.69) is 4.74 Å². The highest BCUT2D eigenvalue weighted by Gasteiger charge is 2.73. The molecule has 12 nitrogen and oxygen atoms in total. The van der Waals surface area contributed by atoms with Gasteiger partial charge in [-0.15, -0.1) is 0 Å². The normalized spacial score (nSPS) is 30.3. The van der Waals surface area contributed by atoms with Crippen molar-refractivity contribution < 1.29 is 150 Å². The molecule has 0 aromatic rings. The predicted octanol–water partition coefficient (Wildman–Crippen LogP) is 21.9. The van der Waals surface area contributed by atoms with Crippen LogP contribution in [-0.4, -0.2) is 136 Å². The van der Waals surface area contributed by atoms with E-state index in [1.54, 1.807) is 34.6 Å². The van der Waals surface area contributed by atoms with Gasteiger partial charge in [-0.2, -0.15) is 92.2 Å². The summed E-state index contributed by atoms with van der Waals surface area (Å²) in [7, 11) is -3.77. The summed E-state index contributed by atoms with van der Waals surface area (Å²) < 4.78 is 309. The van der Waals surface area contributed by atoms with Gasteiger partial charge in [-0.1, -0.05) is 85.6 Å². The van der Waals surface area contributed by atoms with Crippen LogP contribution in [0.1, 0.15) is 263 Å². The Balaban J connectivity index is -0.00000129. The fourth-order valence-electron chi connectivity index (χ4n) is 16.7. The summed E-state index contributed by atoms with van der Waals surface area (Å²) in [4.78, 5) is 35.7. The van der Waals surface area contributed by atoms with Crippen LogP contribution in [0.4, 0.5) is 92.2 Å². The SMILES string of the molecule is C.C.C.C.C.C.CC1C2CC(CC(O)(C(F)(F)F)C(F)(F)F)C(C2)C1C.CCC(C)(C)C(=O)OC.CCC(C)(C)C(=O)OC12CC3CC(CC(CS(=O)(=O)C(F)(F)F)(C3)C1)C2.CCC(C)(C)C(=O)OC1CC(C(C)(O)C(F)(F)F)CC(C(C)(O)C(F)(F)F)C1.OC(CC1CC2CCC1C2)(C(F)(F)F)C(F)(F)F. The zero-order valence-corrected chi connectivity index (χ0v) is 60.1. The minimum absolute atomic E-state index is 0. The Labute approximate surface area is 620 Å². The number of sulfone groups is 1. The molecule has 0 radical (unpaired) electrons. The first kappa shape index (κ1) is 108. The Kier molecular flexibility index (Phi) is 36.8. The van der Waals surface area contributed by atoms with Crippen molar-refractivity contribution in [1.82, 2.24) is 0 Å². The third kappa shape index (κ3) is 23.9. The number of hydrogen-bond donors (Lipinski definition) is 4. The van der Waals surface area contributed by atoms with E-state index < -0.39 is 170 Å². The molecule has 14 atom stereocenters. The van der Waals surface area contributed by atoms with Crippen LogP contribution in [0, 0.1) is 92.7 Å². The number of carbonyl (C=O) groups is 3. The standard InChI is InChI=1S/C18H28F6O4.C18H27F3O4S.C13H18F6O.C11H14F6O.C7H14O2.6CH4/c1-6-14(2,3)13(25)28-12-8-10(15(4,26)17(19,20)21)7-11(9-12)16(5,27)18(22,23)24;1-4-15(2,3)14(22)25-17-8-12-5-13(9-17)7-16(6-12,10-17)11-26(23,24)18(19,20)21;1-6-7(2)10-4-8(6)3-9(10)5-11(20,12(14,15)16)13(17,18)19;12-10(13,14)9(18,11(15,16)17)5-8-4-6-1-2-7(8)3-6;1-5-7(2,3)6(8)9-4;;;;;;/h10-12,26-27H,6-9H2,1-5H3;12-13H,4-11H2,1-3H3;6-10,20H,3-5H2,1-2H3;6-8,18H,1-5H2;5H2,1-4H3;6*1H4. The summed E-state index contributed by atoms with van der Waals surface area (Å²) in [6.45, 7) is 20.8. The first-order chi connectivity index (χ1) is 45.0. The summed E-state index contributed by atoms with van der Waals surface area (Å²) >= 11 is 0. The summed E-state index contributed by atoms with van der Waals surface area (Å²) in [6.07, 6.45) is -29.5. The lowest BCUT2D eigenvalue weighted by atomic mass is 9.48. The van der Waals surface area contributed by atoms with E-state index in [-0.39, 0.29) is 110 Å². The number of ether oxygens (including phenoxy) is 3. The Morgan fingerprint density at radius 1 is 0.439 bits per heavy atom. The second kappa shape index (κ2) is 36.5. The van der Waals surface area contributed by atoms with E-state index in [1.165, 1.54) is 7.11 Å². The second-order valence-electron chi connectivity index (χ2n) is 32.8. The molecule has 9 saturated carbocycles. The second-order valence-corrected chi connectivity index (χ2v) is 34.8. The number of carbonyl (C=O) groups excluding carboxylic acids is 3. The van der Waals surface area contributed by atoms with Crippen molar-refractivity contribution in [2.45, 2.75) is 340 Å². The van der Waals surface area contributed by atoms with Gasteiger partial charge in [0.05, 0.1) is 29.1 Å². The van der Waals surface area contributed by atoms with Crippen LogP contribution in [-0.2, 0) is 38.4 Å². The average Bonchev–Trinajstić information content (AvgIpc) is 1.51. The molecule has 14 unspecified atom stereocenters. The molecule has 9 rings (SSSR count). The molecule has 642 valence electrons. The molecule has 4 N–H and O–H groups in total. The highest BCUT2D eigenvalue weighted by atomic mass is 32.2. The van der Waals surface area contributed by atoms with Gasteiger partial charge in [0.15, 0.2) is 11.2 Å². The molecule has 34 heteroatoms. The number of halogens is 21. The van der Waals surface area contributed by atoms with E-state index in [9.17, 15) is 130 Å². The maximum atomic E-state index is 13.3. The summed E-state index contributed by atoms with van der Waals surface area (Å²) in [5.74, 6) is -5.93. The van der Waals surface area contributed by atoms with Crippen molar-refractivity contribution in [1.29, 1.82) is 0 Å². The third-order valence-electron chi connectivity index (χ3n) is 24.4. The van der Waals surface area contributed by atoms with Gasteiger partial charge in [0, 0.05) is 11.8 Å². The van der Waals surface area contributed by atoms with Crippen molar-refractivity contribution >= 4 is 27.7 Å². The average molecular weight is 1630 g/mol. The minimum Gasteiger partial charge on any atom is -0.469 e. The Hall–Kier alpha value is -3.27. The van der Waals surface area contributed by atoms with Gasteiger partial charge in [-0.25, -0.2) is 8.42 Å². The number of hydrogen-bond acceptors (Lipinski definition) is 12. The Bertz CT molecular complexity index is 2840. The van der Waals surface area contributed by atoms with Crippen molar-refractivity contribution in [3.63, 3.8) is 0 Å². The molecule has 0 aromatic heterocycles. The van der Waals surface area contributed by atoms with Gasteiger partial charge in [-0.3, -0.25) is 14.4 Å². The van der Waals surface area contributed by atoms with Crippen LogP contribution in [0.15, 0.2) is 0 Å². The molecule has 9 aliphatic rings. The largest absolute Gasteiger partial charge is 0.497 e. The van der Waals surface area contributed by atoms with Crippen molar-refractivity contribution in [3.8, 4) is 0 Å². The summed E-state index contributed by atoms with van der Waals surface area (Å²) in [6, 6.07) is 0. The minimum atomic E-state index is -5.69.